The summed E-state index contributed by atoms with van der Waals surface area (Å²) in [6, 6.07) is 15.0. The molecule has 0 atom stereocenters. The predicted molar refractivity (Wildman–Crippen MR) is 110 cm³/mol. The monoisotopic (exact) mass is 422 g/mol. The van der Waals surface area contributed by atoms with Gasteiger partial charge in [0.2, 0.25) is 17.5 Å². The molecule has 160 valence electrons. The maximum atomic E-state index is 12.4. The lowest BCUT2D eigenvalue weighted by atomic mass is 10.3. The number of nitrogens with zero attached hydrogens (tertiary/aromatic N) is 4. The lowest BCUT2D eigenvalue weighted by Crippen LogP contribution is -2.50. The average molecular weight is 422 g/mol. The summed E-state index contributed by atoms with van der Waals surface area (Å²) in [6.45, 7) is 2.79. The van der Waals surface area contributed by atoms with Crippen LogP contribution in [0.2, 0.25) is 0 Å². The van der Waals surface area contributed by atoms with Crippen molar-refractivity contribution in [1.82, 2.24) is 9.88 Å². The highest BCUT2D eigenvalue weighted by Crippen LogP contribution is 2.29. The summed E-state index contributed by atoms with van der Waals surface area (Å²) in [5, 5.41) is 9.39. The van der Waals surface area contributed by atoms with Crippen molar-refractivity contribution in [3.8, 4) is 23.5 Å². The molecule has 0 unspecified atom stereocenters. The summed E-state index contributed by atoms with van der Waals surface area (Å²) in [7, 11) is 0. The molecule has 1 fully saturated rings. The first-order valence-corrected chi connectivity index (χ1v) is 9.97. The number of aromatic nitrogens is 1. The van der Waals surface area contributed by atoms with Crippen LogP contribution in [0.4, 0.5) is 5.88 Å². The van der Waals surface area contributed by atoms with E-state index >= 15 is 0 Å². The van der Waals surface area contributed by atoms with Gasteiger partial charge in [0.05, 0.1) is 12.9 Å². The van der Waals surface area contributed by atoms with Crippen LogP contribution in [0.1, 0.15) is 5.69 Å². The molecule has 1 aliphatic heterocycles. The van der Waals surface area contributed by atoms with E-state index in [9.17, 15) is 10.1 Å². The molecule has 4 rings (SSSR count). The molecule has 0 bridgehead atoms. The van der Waals surface area contributed by atoms with Gasteiger partial charge in [-0.1, -0.05) is 18.2 Å². The second-order valence-electron chi connectivity index (χ2n) is 6.84. The van der Waals surface area contributed by atoms with Crippen LogP contribution in [0, 0.1) is 11.3 Å². The third-order valence-electron chi connectivity index (χ3n) is 4.83. The molecule has 1 aliphatic rings. The Morgan fingerprint density at radius 3 is 2.61 bits per heavy atom. The maximum Gasteiger partial charge on any atom is 0.266 e. The highest BCUT2D eigenvalue weighted by molar-refractivity contribution is 5.77. The molecule has 3 heterocycles. The lowest BCUT2D eigenvalue weighted by molar-refractivity contribution is -0.136. The zero-order valence-electron chi connectivity index (χ0n) is 16.9. The van der Waals surface area contributed by atoms with Crippen molar-refractivity contribution < 1.29 is 23.1 Å². The smallest absolute Gasteiger partial charge is 0.266 e. The van der Waals surface area contributed by atoms with Gasteiger partial charge in [-0.05, 0) is 24.3 Å². The minimum atomic E-state index is -0.0753. The van der Waals surface area contributed by atoms with Crippen LogP contribution in [0.3, 0.4) is 0 Å². The summed E-state index contributed by atoms with van der Waals surface area (Å²) < 4.78 is 22.1. The molecule has 9 nitrogen and oxygen atoms in total. The number of carbonyl (C=O) groups is 1. The van der Waals surface area contributed by atoms with E-state index in [0.717, 1.165) is 5.75 Å². The van der Waals surface area contributed by atoms with Crippen molar-refractivity contribution in [3.05, 3.63) is 54.4 Å². The number of oxazole rings is 1. The third-order valence-corrected chi connectivity index (χ3v) is 4.83. The number of carbonyl (C=O) groups excluding carboxylic acids is 1. The number of nitriles is 1. The fourth-order valence-corrected chi connectivity index (χ4v) is 3.25. The molecule has 2 aromatic heterocycles. The SMILES string of the molecule is N#Cc1nc(-c2ccco2)oc1N1CCN(C(=O)COCCOc2ccccc2)CC1. The molecule has 0 spiro atoms. The van der Waals surface area contributed by atoms with E-state index in [2.05, 4.69) is 11.1 Å². The molecule has 0 N–H and O–H groups in total. The maximum absolute atomic E-state index is 12.4. The summed E-state index contributed by atoms with van der Waals surface area (Å²) >= 11 is 0. The van der Waals surface area contributed by atoms with Gasteiger partial charge in [0.1, 0.15) is 25.0 Å². The minimum Gasteiger partial charge on any atom is -0.491 e. The van der Waals surface area contributed by atoms with Crippen molar-refractivity contribution in [1.29, 1.82) is 5.26 Å². The Bertz CT molecular complexity index is 1020. The van der Waals surface area contributed by atoms with E-state index in [0.29, 0.717) is 51.0 Å². The van der Waals surface area contributed by atoms with E-state index in [1.54, 1.807) is 17.0 Å². The zero-order valence-corrected chi connectivity index (χ0v) is 16.9. The number of ether oxygens (including phenoxy) is 2. The van der Waals surface area contributed by atoms with Crippen LogP contribution in [0.5, 0.6) is 5.75 Å². The third kappa shape index (κ3) is 5.05. The molecule has 1 aromatic carbocycles. The molecule has 3 aromatic rings. The quantitative estimate of drug-likeness (QED) is 0.510. The van der Waals surface area contributed by atoms with Gasteiger partial charge in [-0.2, -0.15) is 10.2 Å². The number of furan rings is 1. The second kappa shape index (κ2) is 9.82. The Morgan fingerprint density at radius 2 is 1.90 bits per heavy atom. The van der Waals surface area contributed by atoms with Crippen LogP contribution >= 0.6 is 0 Å². The van der Waals surface area contributed by atoms with Crippen LogP contribution in [-0.2, 0) is 9.53 Å². The fourth-order valence-electron chi connectivity index (χ4n) is 3.25. The van der Waals surface area contributed by atoms with Crippen molar-refractivity contribution in [3.63, 3.8) is 0 Å². The predicted octanol–water partition coefficient (Wildman–Crippen LogP) is 2.55. The van der Waals surface area contributed by atoms with Crippen molar-refractivity contribution in [2.75, 3.05) is 50.9 Å². The van der Waals surface area contributed by atoms with Crippen molar-refractivity contribution in [2.24, 2.45) is 0 Å². The molecule has 0 aliphatic carbocycles. The van der Waals surface area contributed by atoms with Gasteiger partial charge < -0.3 is 28.1 Å². The van der Waals surface area contributed by atoms with Crippen molar-refractivity contribution >= 4 is 11.8 Å². The molecule has 31 heavy (non-hydrogen) atoms. The topological polar surface area (TPSA) is 105 Å². The van der Waals surface area contributed by atoms with E-state index in [-0.39, 0.29) is 24.1 Å². The van der Waals surface area contributed by atoms with Gasteiger partial charge in [0.15, 0.2) is 5.76 Å². The summed E-state index contributed by atoms with van der Waals surface area (Å²) in [6.07, 6.45) is 1.52. The molecule has 1 saturated heterocycles. The highest BCUT2D eigenvalue weighted by atomic mass is 16.5. The van der Waals surface area contributed by atoms with Gasteiger partial charge in [-0.25, -0.2) is 0 Å². The molecular formula is C22H22N4O5. The average Bonchev–Trinajstić information content (AvgIpc) is 3.49. The summed E-state index contributed by atoms with van der Waals surface area (Å²) in [5.74, 6) is 1.82. The van der Waals surface area contributed by atoms with Gasteiger partial charge in [0, 0.05) is 26.2 Å². The van der Waals surface area contributed by atoms with Crippen LogP contribution in [-0.4, -0.2) is 61.8 Å². The molecule has 1 amide bonds. The van der Waals surface area contributed by atoms with E-state index in [4.69, 9.17) is 18.3 Å². The van der Waals surface area contributed by atoms with Gasteiger partial charge >= 0.3 is 0 Å². The molecule has 9 heteroatoms. The Labute approximate surface area is 179 Å². The first-order chi connectivity index (χ1) is 15.2. The number of rotatable bonds is 8. The molecule has 0 radical (unpaired) electrons. The largest absolute Gasteiger partial charge is 0.491 e. The molecule has 0 saturated carbocycles. The zero-order chi connectivity index (χ0) is 21.5. The first-order valence-electron chi connectivity index (χ1n) is 9.97. The fraction of sp³-hybridized carbons (Fsp3) is 0.318. The Morgan fingerprint density at radius 1 is 1.10 bits per heavy atom. The normalized spacial score (nSPS) is 13.8. The highest BCUT2D eigenvalue weighted by Gasteiger charge is 2.27. The first kappa shape index (κ1) is 20.5. The van der Waals surface area contributed by atoms with E-state index in [1.165, 1.54) is 6.26 Å². The number of amides is 1. The summed E-state index contributed by atoms with van der Waals surface area (Å²) in [5.41, 5.74) is 0.202. The standard InChI is InChI=1S/C22H22N4O5/c23-15-18-22(31-21(24-18)19-7-4-12-30-19)26-10-8-25(9-11-26)20(27)16-28-13-14-29-17-5-2-1-3-6-17/h1-7,12H,8-11,13-14,16H2. The Balaban J connectivity index is 1.22. The number of para-hydroxylation sites is 1. The number of piperazine rings is 1. The minimum absolute atomic E-state index is 0.00649. The second-order valence-corrected chi connectivity index (χ2v) is 6.84. The van der Waals surface area contributed by atoms with Crippen LogP contribution in [0.15, 0.2) is 57.6 Å². The Kier molecular flexibility index (Phi) is 6.50. The number of anilines is 1. The van der Waals surface area contributed by atoms with E-state index in [1.807, 2.05) is 35.2 Å². The van der Waals surface area contributed by atoms with Gasteiger partial charge in [-0.3, -0.25) is 4.79 Å². The summed E-state index contributed by atoms with van der Waals surface area (Å²) in [4.78, 5) is 20.3. The van der Waals surface area contributed by atoms with Crippen molar-refractivity contribution in [2.45, 2.75) is 0 Å². The number of hydrogen-bond donors (Lipinski definition) is 0. The lowest BCUT2D eigenvalue weighted by Gasteiger charge is -2.34. The van der Waals surface area contributed by atoms with Gasteiger partial charge in [0.25, 0.3) is 5.89 Å². The van der Waals surface area contributed by atoms with Crippen LogP contribution in [0.25, 0.3) is 11.7 Å². The molecular weight excluding hydrogens is 400 g/mol. The van der Waals surface area contributed by atoms with E-state index < -0.39 is 0 Å². The Hall–Kier alpha value is -3.77. The van der Waals surface area contributed by atoms with Crippen LogP contribution < -0.4 is 9.64 Å². The number of benzene rings is 1. The number of hydrogen-bond acceptors (Lipinski definition) is 8. The van der Waals surface area contributed by atoms with Gasteiger partial charge in [-0.15, -0.1) is 0 Å².